The second kappa shape index (κ2) is 7.58. The van der Waals surface area contributed by atoms with Crippen LogP contribution in [0.25, 0.3) is 10.7 Å². The molecule has 2 heterocycles. The number of allylic oxidation sites excluding steroid dienone is 1. The third-order valence-electron chi connectivity index (χ3n) is 5.02. The van der Waals surface area contributed by atoms with Gasteiger partial charge in [0, 0.05) is 11.4 Å². The fraction of sp³-hybridized carbons (Fsp3) is 0.550. The fourth-order valence-corrected chi connectivity index (χ4v) is 5.36. The molecule has 0 amide bonds. The lowest BCUT2D eigenvalue weighted by molar-refractivity contribution is 0.217. The second-order valence-electron chi connectivity index (χ2n) is 7.96. The fourth-order valence-electron chi connectivity index (χ4n) is 3.41. The van der Waals surface area contributed by atoms with E-state index >= 15 is 0 Å². The first-order valence-corrected chi connectivity index (χ1v) is 10.8. The van der Waals surface area contributed by atoms with Crippen molar-refractivity contribution >= 4 is 23.1 Å². The van der Waals surface area contributed by atoms with Gasteiger partial charge in [-0.3, -0.25) is 4.57 Å². The summed E-state index contributed by atoms with van der Waals surface area (Å²) in [5.41, 5.74) is 1.82. The van der Waals surface area contributed by atoms with Crippen LogP contribution >= 0.6 is 23.1 Å². The van der Waals surface area contributed by atoms with Crippen LogP contribution in [0.4, 0.5) is 0 Å². The summed E-state index contributed by atoms with van der Waals surface area (Å²) < 4.78 is 2.07. The summed E-state index contributed by atoms with van der Waals surface area (Å²) in [6.07, 6.45) is 5.43. The van der Waals surface area contributed by atoms with Crippen LogP contribution in [0.3, 0.4) is 0 Å². The van der Waals surface area contributed by atoms with Gasteiger partial charge in [0.15, 0.2) is 11.0 Å². The summed E-state index contributed by atoms with van der Waals surface area (Å²) in [5.74, 6) is 1.62. The predicted octanol–water partition coefficient (Wildman–Crippen LogP) is 5.35. The molecule has 2 aromatic heterocycles. The van der Waals surface area contributed by atoms with Gasteiger partial charge in [-0.05, 0) is 49.1 Å². The molecule has 1 aliphatic rings. The largest absolute Gasteiger partial charge is 0.297 e. The molecule has 2 aromatic rings. The third kappa shape index (κ3) is 3.89. The van der Waals surface area contributed by atoms with Crippen molar-refractivity contribution < 1.29 is 0 Å². The van der Waals surface area contributed by atoms with Gasteiger partial charge in [0.2, 0.25) is 0 Å². The van der Waals surface area contributed by atoms with Gasteiger partial charge in [-0.1, -0.05) is 38.6 Å². The van der Waals surface area contributed by atoms with Crippen LogP contribution in [0.2, 0.25) is 0 Å². The summed E-state index contributed by atoms with van der Waals surface area (Å²) in [6, 6.07) is 4.56. The Morgan fingerprint density at radius 3 is 2.92 bits per heavy atom. The summed E-state index contributed by atoms with van der Waals surface area (Å²) in [4.78, 5) is 2.67. The zero-order valence-corrected chi connectivity index (χ0v) is 17.6. The molecule has 0 fully saturated rings. The average Bonchev–Trinajstić information content (AvgIpc) is 3.17. The minimum Gasteiger partial charge on any atom is -0.297 e. The highest BCUT2D eigenvalue weighted by atomic mass is 32.2. The number of aromatic nitrogens is 3. The quantitative estimate of drug-likeness (QED) is 0.513. The molecule has 0 bridgehead atoms. The maximum Gasteiger partial charge on any atom is 0.193 e. The van der Waals surface area contributed by atoms with Crippen molar-refractivity contribution in [2.45, 2.75) is 63.9 Å². The first-order valence-electron chi connectivity index (χ1n) is 9.05. The van der Waals surface area contributed by atoms with Crippen LogP contribution in [0.1, 0.15) is 44.6 Å². The highest BCUT2D eigenvalue weighted by molar-refractivity contribution is 8.00. The summed E-state index contributed by atoms with van der Waals surface area (Å²) in [7, 11) is 0. The van der Waals surface area contributed by atoms with Gasteiger partial charge >= 0.3 is 0 Å². The molecule has 0 saturated heterocycles. The standard InChI is InChI=1S/C20H26N4S2/c1-6-9-24-18(22-23-19(24)25-13(2)12-21)17-11-14-10-15(20(3,4)5)7-8-16(14)26-17/h6,11,13,15H,1,7-10H2,2-5H3/t13-,15+/m0/s1. The van der Waals surface area contributed by atoms with Gasteiger partial charge in [0.25, 0.3) is 0 Å². The number of rotatable bonds is 5. The van der Waals surface area contributed by atoms with Gasteiger partial charge in [-0.25, -0.2) is 0 Å². The third-order valence-corrected chi connectivity index (χ3v) is 7.23. The van der Waals surface area contributed by atoms with Crippen molar-refractivity contribution in [1.29, 1.82) is 5.26 Å². The predicted molar refractivity (Wildman–Crippen MR) is 109 cm³/mol. The zero-order chi connectivity index (χ0) is 18.9. The summed E-state index contributed by atoms with van der Waals surface area (Å²) in [5, 5.41) is 18.5. The highest BCUT2D eigenvalue weighted by Crippen LogP contribution is 2.42. The van der Waals surface area contributed by atoms with Crippen molar-refractivity contribution in [3.05, 3.63) is 29.2 Å². The number of hydrogen-bond acceptors (Lipinski definition) is 5. The van der Waals surface area contributed by atoms with Gasteiger partial charge < -0.3 is 0 Å². The number of hydrogen-bond donors (Lipinski definition) is 0. The van der Waals surface area contributed by atoms with E-state index in [0.29, 0.717) is 12.0 Å². The lowest BCUT2D eigenvalue weighted by atomic mass is 9.72. The second-order valence-corrected chi connectivity index (χ2v) is 10.4. The number of aryl methyl sites for hydroxylation is 1. The van der Waals surface area contributed by atoms with E-state index in [4.69, 9.17) is 5.26 Å². The molecule has 26 heavy (non-hydrogen) atoms. The SMILES string of the molecule is C=CCn1c(S[C@@H](C)C#N)nnc1-c1cc2c(s1)CC[C@@H](C(C)(C)C)C2. The number of thiophene rings is 1. The lowest BCUT2D eigenvalue weighted by Crippen LogP contribution is -2.26. The Bertz CT molecular complexity index is 835. The van der Waals surface area contributed by atoms with Crippen molar-refractivity contribution in [2.24, 2.45) is 11.3 Å². The molecule has 0 radical (unpaired) electrons. The molecule has 0 aliphatic heterocycles. The average molecular weight is 387 g/mol. The van der Waals surface area contributed by atoms with E-state index in [-0.39, 0.29) is 5.25 Å². The summed E-state index contributed by atoms with van der Waals surface area (Å²) >= 11 is 3.30. The van der Waals surface area contributed by atoms with Crippen LogP contribution in [0, 0.1) is 22.7 Å². The van der Waals surface area contributed by atoms with E-state index in [1.807, 2.05) is 24.3 Å². The Kier molecular flexibility index (Phi) is 5.59. The van der Waals surface area contributed by atoms with E-state index in [9.17, 15) is 0 Å². The first-order chi connectivity index (χ1) is 12.3. The van der Waals surface area contributed by atoms with Crippen LogP contribution in [-0.4, -0.2) is 20.0 Å². The molecule has 138 valence electrons. The molecule has 4 nitrogen and oxygen atoms in total. The van der Waals surface area contributed by atoms with Crippen LogP contribution in [-0.2, 0) is 19.4 Å². The minimum atomic E-state index is -0.153. The number of nitriles is 1. The molecule has 1 aliphatic carbocycles. The van der Waals surface area contributed by atoms with Gasteiger partial charge in [-0.2, -0.15) is 5.26 Å². The van der Waals surface area contributed by atoms with Gasteiger partial charge in [-0.15, -0.1) is 28.1 Å². The van der Waals surface area contributed by atoms with E-state index in [1.165, 1.54) is 33.5 Å². The van der Waals surface area contributed by atoms with E-state index in [2.05, 4.69) is 54.3 Å². The molecule has 3 rings (SSSR count). The van der Waals surface area contributed by atoms with E-state index in [1.54, 1.807) is 0 Å². The summed E-state index contributed by atoms with van der Waals surface area (Å²) in [6.45, 7) is 13.4. The monoisotopic (exact) mass is 386 g/mol. The topological polar surface area (TPSA) is 54.5 Å². The van der Waals surface area contributed by atoms with Crippen LogP contribution < -0.4 is 0 Å². The van der Waals surface area contributed by atoms with Crippen molar-refractivity contribution in [3.8, 4) is 16.8 Å². The Morgan fingerprint density at radius 2 is 2.27 bits per heavy atom. The van der Waals surface area contributed by atoms with Gasteiger partial charge in [0.05, 0.1) is 16.2 Å². The Morgan fingerprint density at radius 1 is 1.50 bits per heavy atom. The lowest BCUT2D eigenvalue weighted by Gasteiger charge is -2.33. The maximum absolute atomic E-state index is 9.10. The van der Waals surface area contributed by atoms with Crippen molar-refractivity contribution in [2.75, 3.05) is 0 Å². The molecule has 6 heteroatoms. The Balaban J connectivity index is 1.92. The molecule has 0 spiro atoms. The maximum atomic E-state index is 9.10. The van der Waals surface area contributed by atoms with Crippen LogP contribution in [0.15, 0.2) is 23.9 Å². The van der Waals surface area contributed by atoms with E-state index < -0.39 is 0 Å². The molecule has 2 atom stereocenters. The number of thioether (sulfide) groups is 1. The van der Waals surface area contributed by atoms with Gasteiger partial charge in [0.1, 0.15) is 0 Å². The van der Waals surface area contributed by atoms with E-state index in [0.717, 1.165) is 29.7 Å². The molecular formula is C20H26N4S2. The number of nitrogens with zero attached hydrogens (tertiary/aromatic N) is 4. The zero-order valence-electron chi connectivity index (χ0n) is 16.0. The molecule has 0 unspecified atom stereocenters. The van der Waals surface area contributed by atoms with Crippen molar-refractivity contribution in [1.82, 2.24) is 14.8 Å². The molecule has 0 N–H and O–H groups in total. The molecule has 0 aromatic carbocycles. The smallest absolute Gasteiger partial charge is 0.193 e. The molecular weight excluding hydrogens is 360 g/mol. The minimum absolute atomic E-state index is 0.153. The highest BCUT2D eigenvalue weighted by Gasteiger charge is 2.30. The normalized spacial score (nSPS) is 18.2. The Hall–Kier alpha value is -1.58. The number of fused-ring (bicyclic) bond motifs is 1. The Labute approximate surface area is 164 Å². The van der Waals surface area contributed by atoms with Crippen molar-refractivity contribution in [3.63, 3.8) is 0 Å². The first kappa shape index (κ1) is 19.2. The molecule has 0 saturated carbocycles. The van der Waals surface area contributed by atoms with Crippen LogP contribution in [0.5, 0.6) is 0 Å².